The molecular weight excluding hydrogens is 394 g/mol. The fraction of sp³-hybridized carbons (Fsp3) is 0.250. The second-order valence-corrected chi connectivity index (χ2v) is 7.42. The second-order valence-electron chi connectivity index (χ2n) is 6.47. The Morgan fingerprint density at radius 1 is 1.21 bits per heavy atom. The Kier molecular flexibility index (Phi) is 6.18. The van der Waals surface area contributed by atoms with E-state index in [2.05, 4.69) is 10.4 Å². The summed E-state index contributed by atoms with van der Waals surface area (Å²) in [6.45, 7) is 3.12. The number of benzene rings is 1. The summed E-state index contributed by atoms with van der Waals surface area (Å²) in [4.78, 5) is 48.6. The van der Waals surface area contributed by atoms with E-state index in [1.807, 2.05) is 32.0 Å². The van der Waals surface area contributed by atoms with E-state index in [0.717, 1.165) is 11.1 Å². The summed E-state index contributed by atoms with van der Waals surface area (Å²) in [5.41, 5.74) is 2.44. The van der Waals surface area contributed by atoms with Crippen LogP contribution < -0.4 is 10.3 Å². The van der Waals surface area contributed by atoms with Crippen molar-refractivity contribution in [1.82, 2.24) is 5.32 Å². The predicted octanol–water partition coefficient (Wildman–Crippen LogP) is 2.35. The number of carbonyl (C=O) groups excluding carboxylic acids is 4. The highest BCUT2D eigenvalue weighted by molar-refractivity contribution is 7.12. The van der Waals surface area contributed by atoms with Gasteiger partial charge in [-0.15, -0.1) is 11.3 Å². The number of hydrogen-bond acceptors (Lipinski definition) is 7. The molecule has 0 spiro atoms. The van der Waals surface area contributed by atoms with Gasteiger partial charge in [0.1, 0.15) is 5.71 Å². The van der Waals surface area contributed by atoms with E-state index < -0.39 is 24.4 Å². The van der Waals surface area contributed by atoms with Crippen LogP contribution in [-0.2, 0) is 19.1 Å². The Hall–Kier alpha value is -3.33. The first kappa shape index (κ1) is 20.4. The molecule has 2 heterocycles. The molecule has 0 saturated carbocycles. The van der Waals surface area contributed by atoms with Crippen molar-refractivity contribution in [3.63, 3.8) is 0 Å². The number of anilines is 1. The summed E-state index contributed by atoms with van der Waals surface area (Å²) in [6.07, 6.45) is 0.221. The van der Waals surface area contributed by atoms with Gasteiger partial charge in [-0.3, -0.25) is 19.7 Å². The van der Waals surface area contributed by atoms with Crippen LogP contribution in [0.1, 0.15) is 33.6 Å². The first-order chi connectivity index (χ1) is 13.8. The van der Waals surface area contributed by atoms with Gasteiger partial charge in [0.25, 0.3) is 11.8 Å². The van der Waals surface area contributed by atoms with Gasteiger partial charge in [0, 0.05) is 12.8 Å². The van der Waals surface area contributed by atoms with E-state index in [0.29, 0.717) is 10.6 Å². The minimum Gasteiger partial charge on any atom is -0.451 e. The molecule has 1 N–H and O–H groups in total. The number of carbonyl (C=O) groups is 4. The third-order valence-corrected chi connectivity index (χ3v) is 5.06. The number of hydrazone groups is 1. The van der Waals surface area contributed by atoms with Crippen LogP contribution in [0.4, 0.5) is 5.69 Å². The summed E-state index contributed by atoms with van der Waals surface area (Å²) in [7, 11) is 0. The van der Waals surface area contributed by atoms with Crippen LogP contribution >= 0.6 is 11.3 Å². The minimum absolute atomic E-state index is 0.0443. The number of nitrogens with one attached hydrogen (secondary N) is 1. The van der Waals surface area contributed by atoms with E-state index in [1.54, 1.807) is 17.5 Å². The van der Waals surface area contributed by atoms with E-state index in [4.69, 9.17) is 4.74 Å². The van der Waals surface area contributed by atoms with Gasteiger partial charge < -0.3 is 4.74 Å². The van der Waals surface area contributed by atoms with Crippen molar-refractivity contribution >= 4 is 46.4 Å². The molecule has 29 heavy (non-hydrogen) atoms. The van der Waals surface area contributed by atoms with Crippen LogP contribution in [0.25, 0.3) is 0 Å². The molecule has 150 valence electrons. The maximum Gasteiger partial charge on any atom is 0.355 e. The molecule has 0 bridgehead atoms. The van der Waals surface area contributed by atoms with Crippen molar-refractivity contribution in [2.45, 2.75) is 26.7 Å². The molecule has 1 aliphatic heterocycles. The SMILES string of the molecule is Cc1ccc(C)c(N2N=C(C(=O)OCC(=O)NC(=O)c3cccs3)CCC2=O)c1. The Balaban J connectivity index is 1.64. The molecule has 1 aromatic heterocycles. The van der Waals surface area contributed by atoms with Crippen molar-refractivity contribution in [3.8, 4) is 0 Å². The van der Waals surface area contributed by atoms with Gasteiger partial charge in [0.2, 0.25) is 5.91 Å². The van der Waals surface area contributed by atoms with E-state index >= 15 is 0 Å². The van der Waals surface area contributed by atoms with Crippen molar-refractivity contribution in [1.29, 1.82) is 0 Å². The number of ether oxygens (including phenoxy) is 1. The number of nitrogens with zero attached hydrogens (tertiary/aromatic N) is 2. The van der Waals surface area contributed by atoms with Gasteiger partial charge in [-0.25, -0.2) is 4.79 Å². The molecule has 0 unspecified atom stereocenters. The van der Waals surface area contributed by atoms with Crippen molar-refractivity contribution in [3.05, 3.63) is 51.7 Å². The quantitative estimate of drug-likeness (QED) is 0.758. The maximum absolute atomic E-state index is 12.3. The predicted molar refractivity (Wildman–Crippen MR) is 108 cm³/mol. The highest BCUT2D eigenvalue weighted by Crippen LogP contribution is 2.25. The number of esters is 1. The number of thiophene rings is 1. The van der Waals surface area contributed by atoms with Gasteiger partial charge in [-0.05, 0) is 42.5 Å². The average Bonchev–Trinajstić information content (AvgIpc) is 3.23. The third kappa shape index (κ3) is 4.94. The Morgan fingerprint density at radius 3 is 2.72 bits per heavy atom. The van der Waals surface area contributed by atoms with Gasteiger partial charge in [0.05, 0.1) is 10.6 Å². The molecule has 3 rings (SSSR count). The van der Waals surface area contributed by atoms with Gasteiger partial charge in [-0.1, -0.05) is 18.2 Å². The Morgan fingerprint density at radius 2 is 2.00 bits per heavy atom. The fourth-order valence-corrected chi connectivity index (χ4v) is 3.30. The Bertz CT molecular complexity index is 998. The number of hydrogen-bond donors (Lipinski definition) is 1. The van der Waals surface area contributed by atoms with Crippen molar-refractivity contribution in [2.24, 2.45) is 5.10 Å². The summed E-state index contributed by atoms with van der Waals surface area (Å²) in [6, 6.07) is 8.87. The third-order valence-electron chi connectivity index (χ3n) is 4.19. The number of imide groups is 1. The molecule has 1 aliphatic rings. The minimum atomic E-state index is -0.800. The first-order valence-corrected chi connectivity index (χ1v) is 9.75. The molecule has 0 radical (unpaired) electrons. The largest absolute Gasteiger partial charge is 0.451 e. The molecule has 3 amide bonds. The molecule has 0 atom stereocenters. The summed E-state index contributed by atoms with van der Waals surface area (Å²) < 4.78 is 4.97. The lowest BCUT2D eigenvalue weighted by Crippen LogP contribution is -2.37. The zero-order chi connectivity index (χ0) is 21.0. The zero-order valence-electron chi connectivity index (χ0n) is 15.9. The van der Waals surface area contributed by atoms with Crippen molar-refractivity contribution < 1.29 is 23.9 Å². The number of amides is 3. The summed E-state index contributed by atoms with van der Waals surface area (Å²) in [5.74, 6) is -2.32. The number of rotatable bonds is 5. The van der Waals surface area contributed by atoms with Crippen molar-refractivity contribution in [2.75, 3.05) is 11.6 Å². The molecule has 1 aromatic carbocycles. The fourth-order valence-electron chi connectivity index (χ4n) is 2.68. The lowest BCUT2D eigenvalue weighted by Gasteiger charge is -2.24. The molecule has 0 aliphatic carbocycles. The molecule has 0 saturated heterocycles. The highest BCUT2D eigenvalue weighted by Gasteiger charge is 2.28. The van der Waals surface area contributed by atoms with Crippen LogP contribution in [0.2, 0.25) is 0 Å². The summed E-state index contributed by atoms with van der Waals surface area (Å²) in [5, 5.41) is 9.20. The first-order valence-electron chi connectivity index (χ1n) is 8.87. The topological polar surface area (TPSA) is 105 Å². The molecule has 8 nitrogen and oxygen atoms in total. The Labute approximate surface area is 171 Å². The van der Waals surface area contributed by atoms with Crippen LogP contribution in [0.15, 0.2) is 40.8 Å². The van der Waals surface area contributed by atoms with E-state index in [9.17, 15) is 19.2 Å². The molecule has 0 fully saturated rings. The standard InChI is InChI=1S/C20H19N3O5S/c1-12-5-6-13(2)15(10-12)23-18(25)8-7-14(22-23)20(27)28-11-17(24)21-19(26)16-4-3-9-29-16/h3-6,9-10H,7-8,11H2,1-2H3,(H,21,24,26). The van der Waals surface area contributed by atoms with E-state index in [1.165, 1.54) is 16.3 Å². The lowest BCUT2D eigenvalue weighted by molar-refractivity contribution is -0.142. The zero-order valence-corrected chi connectivity index (χ0v) is 16.7. The van der Waals surface area contributed by atoms with Crippen LogP contribution in [0.3, 0.4) is 0 Å². The summed E-state index contributed by atoms with van der Waals surface area (Å²) >= 11 is 1.19. The monoisotopic (exact) mass is 413 g/mol. The molecular formula is C20H19N3O5S. The highest BCUT2D eigenvalue weighted by atomic mass is 32.1. The van der Waals surface area contributed by atoms with Gasteiger partial charge in [0.15, 0.2) is 6.61 Å². The van der Waals surface area contributed by atoms with Crippen LogP contribution in [-0.4, -0.2) is 36.0 Å². The van der Waals surface area contributed by atoms with Gasteiger partial charge >= 0.3 is 5.97 Å². The normalized spacial score (nSPS) is 13.7. The molecule has 9 heteroatoms. The average molecular weight is 413 g/mol. The second kappa shape index (κ2) is 8.78. The van der Waals surface area contributed by atoms with E-state index in [-0.39, 0.29) is 24.5 Å². The smallest absolute Gasteiger partial charge is 0.355 e. The van der Waals surface area contributed by atoms with Gasteiger partial charge in [-0.2, -0.15) is 10.1 Å². The number of aryl methyl sites for hydroxylation is 2. The van der Waals surface area contributed by atoms with Crippen LogP contribution in [0, 0.1) is 13.8 Å². The molecule has 2 aromatic rings. The van der Waals surface area contributed by atoms with Crippen LogP contribution in [0.5, 0.6) is 0 Å². The lowest BCUT2D eigenvalue weighted by atomic mass is 10.1. The maximum atomic E-state index is 12.3.